The van der Waals surface area contributed by atoms with Gasteiger partial charge in [-0.25, -0.2) is 4.79 Å². The molecule has 1 aromatic rings. The van der Waals surface area contributed by atoms with Crippen molar-refractivity contribution in [3.8, 4) is 0 Å². The topological polar surface area (TPSA) is 54.0 Å². The summed E-state index contributed by atoms with van der Waals surface area (Å²) in [5.41, 5.74) is 0.522. The van der Waals surface area contributed by atoms with Gasteiger partial charge in [-0.05, 0) is 69.5 Å². The van der Waals surface area contributed by atoms with E-state index in [0.29, 0.717) is 5.56 Å². The number of ether oxygens (including phenoxy) is 3. The van der Waals surface area contributed by atoms with Crippen LogP contribution in [0.3, 0.4) is 0 Å². The lowest BCUT2D eigenvalue weighted by Crippen LogP contribution is -2.44. The third-order valence-corrected chi connectivity index (χ3v) is 11.6. The van der Waals surface area contributed by atoms with Crippen LogP contribution in [0.4, 0.5) is 0 Å². The largest absolute Gasteiger partial charge is 0.452 e. The van der Waals surface area contributed by atoms with E-state index in [-0.39, 0.29) is 35.2 Å². The lowest BCUT2D eigenvalue weighted by atomic mass is 10.00. The van der Waals surface area contributed by atoms with E-state index in [0.717, 1.165) is 12.8 Å². The molecule has 1 aromatic carbocycles. The van der Waals surface area contributed by atoms with Crippen LogP contribution in [0.1, 0.15) is 78.6 Å². The SMILES string of the molecule is CCC[C@@H]1OC(C)(C)O[C@@H]1C(C=C[C@@H](C)[C@@H](C)O[Si](C)(C)C(C)(C)C)OC(=O)c1ccccc1. The Labute approximate surface area is 208 Å². The first-order valence-electron chi connectivity index (χ1n) is 12.6. The van der Waals surface area contributed by atoms with E-state index in [1.807, 2.05) is 38.1 Å². The second-order valence-electron chi connectivity index (χ2n) is 11.5. The maximum Gasteiger partial charge on any atom is 0.338 e. The normalized spacial score (nSPS) is 23.6. The highest BCUT2D eigenvalue weighted by atomic mass is 28.4. The van der Waals surface area contributed by atoms with Crippen LogP contribution >= 0.6 is 0 Å². The molecule has 0 N–H and O–H groups in total. The Balaban J connectivity index is 2.24. The van der Waals surface area contributed by atoms with Crippen molar-refractivity contribution in [2.45, 2.75) is 117 Å². The summed E-state index contributed by atoms with van der Waals surface area (Å²) in [7, 11) is -1.89. The molecule has 0 aromatic heterocycles. The van der Waals surface area contributed by atoms with Gasteiger partial charge in [0.1, 0.15) is 12.2 Å². The van der Waals surface area contributed by atoms with Gasteiger partial charge < -0.3 is 18.6 Å². The van der Waals surface area contributed by atoms with E-state index in [4.69, 9.17) is 18.6 Å². The van der Waals surface area contributed by atoms with Crippen LogP contribution in [-0.4, -0.2) is 44.5 Å². The molecule has 0 saturated carbocycles. The molecule has 0 aliphatic carbocycles. The molecular weight excluding hydrogens is 444 g/mol. The van der Waals surface area contributed by atoms with Crippen LogP contribution in [0.15, 0.2) is 42.5 Å². The summed E-state index contributed by atoms with van der Waals surface area (Å²) < 4.78 is 25.0. The van der Waals surface area contributed by atoms with Crippen molar-refractivity contribution < 1.29 is 23.4 Å². The van der Waals surface area contributed by atoms with Gasteiger partial charge >= 0.3 is 5.97 Å². The molecule has 1 heterocycles. The lowest BCUT2D eigenvalue weighted by molar-refractivity contribution is -0.153. The highest BCUT2D eigenvalue weighted by molar-refractivity contribution is 6.74. The predicted molar refractivity (Wildman–Crippen MR) is 140 cm³/mol. The Morgan fingerprint density at radius 2 is 1.74 bits per heavy atom. The van der Waals surface area contributed by atoms with Gasteiger partial charge in [0.05, 0.1) is 11.7 Å². The van der Waals surface area contributed by atoms with Crippen LogP contribution in [0, 0.1) is 5.92 Å². The van der Waals surface area contributed by atoms with E-state index in [2.05, 4.69) is 60.7 Å². The second-order valence-corrected chi connectivity index (χ2v) is 16.2. The zero-order valence-corrected chi connectivity index (χ0v) is 23.9. The third kappa shape index (κ3) is 7.77. The minimum absolute atomic E-state index is 0.0474. The Kier molecular flexibility index (Phi) is 9.74. The van der Waals surface area contributed by atoms with Crippen LogP contribution in [-0.2, 0) is 18.6 Å². The fraction of sp³-hybridized carbons (Fsp3) is 0.679. The fourth-order valence-corrected chi connectivity index (χ4v) is 5.32. The average Bonchev–Trinajstić information content (AvgIpc) is 3.04. The molecule has 1 unspecified atom stereocenters. The van der Waals surface area contributed by atoms with Gasteiger partial charge in [-0.3, -0.25) is 0 Å². The molecule has 1 aliphatic heterocycles. The minimum atomic E-state index is -1.89. The summed E-state index contributed by atoms with van der Waals surface area (Å²) in [6.45, 7) is 21.5. The number of benzene rings is 1. The monoisotopic (exact) mass is 490 g/mol. The van der Waals surface area contributed by atoms with Crippen molar-refractivity contribution in [2.24, 2.45) is 5.92 Å². The Bertz CT molecular complexity index is 812. The second kappa shape index (κ2) is 11.5. The molecule has 192 valence electrons. The van der Waals surface area contributed by atoms with E-state index in [1.54, 1.807) is 12.1 Å². The van der Waals surface area contributed by atoms with Gasteiger partial charge in [-0.15, -0.1) is 0 Å². The predicted octanol–water partition coefficient (Wildman–Crippen LogP) is 7.13. The number of esters is 1. The summed E-state index contributed by atoms with van der Waals surface area (Å²) in [5.74, 6) is -0.941. The zero-order chi connectivity index (χ0) is 25.7. The van der Waals surface area contributed by atoms with Gasteiger partial charge in [0.2, 0.25) is 0 Å². The molecule has 5 nitrogen and oxygen atoms in total. The van der Waals surface area contributed by atoms with Gasteiger partial charge in [0, 0.05) is 6.10 Å². The molecule has 0 amide bonds. The molecule has 34 heavy (non-hydrogen) atoms. The summed E-state index contributed by atoms with van der Waals surface area (Å²) >= 11 is 0. The smallest absolute Gasteiger partial charge is 0.338 e. The van der Waals surface area contributed by atoms with Gasteiger partial charge in [0.15, 0.2) is 14.1 Å². The van der Waals surface area contributed by atoms with E-state index >= 15 is 0 Å². The van der Waals surface area contributed by atoms with Crippen molar-refractivity contribution in [1.82, 2.24) is 0 Å². The molecule has 0 radical (unpaired) electrons. The van der Waals surface area contributed by atoms with Crippen LogP contribution in [0.5, 0.6) is 0 Å². The molecule has 1 aliphatic rings. The molecule has 1 saturated heterocycles. The van der Waals surface area contributed by atoms with E-state index < -0.39 is 20.2 Å². The molecule has 6 heteroatoms. The Hall–Kier alpha value is -1.47. The van der Waals surface area contributed by atoms with Gasteiger partial charge in [-0.2, -0.15) is 0 Å². The van der Waals surface area contributed by atoms with E-state index in [9.17, 15) is 4.79 Å². The summed E-state index contributed by atoms with van der Waals surface area (Å²) in [4.78, 5) is 12.9. The highest BCUT2D eigenvalue weighted by Crippen LogP contribution is 2.38. The third-order valence-electron chi connectivity index (χ3n) is 7.00. The first-order chi connectivity index (χ1) is 15.7. The number of hydrogen-bond acceptors (Lipinski definition) is 5. The van der Waals surface area contributed by atoms with E-state index in [1.165, 1.54) is 0 Å². The standard InChI is InChI=1S/C28H46O5Si/c1-11-15-24-25(32-28(7,8)31-24)23(30-26(29)22-16-13-12-14-17-22)19-18-20(2)21(3)33-34(9,10)27(4,5)6/h12-14,16-21,23-25H,11,15H2,1-10H3/t20-,21-,23?,24+,25-/m1/s1. The quantitative estimate of drug-likeness (QED) is 0.198. The number of hydrogen-bond donors (Lipinski definition) is 0. The average molecular weight is 491 g/mol. The molecule has 0 bridgehead atoms. The fourth-order valence-electron chi connectivity index (χ4n) is 3.82. The summed E-state index contributed by atoms with van der Waals surface area (Å²) in [6.07, 6.45) is 4.82. The Morgan fingerprint density at radius 1 is 1.12 bits per heavy atom. The lowest BCUT2D eigenvalue weighted by Gasteiger charge is -2.39. The number of carbonyl (C=O) groups is 1. The van der Waals surface area contributed by atoms with Gasteiger partial charge in [-0.1, -0.05) is 65.3 Å². The highest BCUT2D eigenvalue weighted by Gasteiger charge is 2.45. The molecule has 5 atom stereocenters. The molecular formula is C28H46O5Si. The number of rotatable bonds is 10. The maximum atomic E-state index is 12.9. The molecule has 1 fully saturated rings. The summed E-state index contributed by atoms with van der Waals surface area (Å²) in [6, 6.07) is 9.08. The molecule has 0 spiro atoms. The first kappa shape index (κ1) is 28.8. The van der Waals surface area contributed by atoms with Crippen molar-refractivity contribution >= 4 is 14.3 Å². The van der Waals surface area contributed by atoms with Crippen molar-refractivity contribution in [1.29, 1.82) is 0 Å². The van der Waals surface area contributed by atoms with Crippen molar-refractivity contribution in [3.63, 3.8) is 0 Å². The van der Waals surface area contributed by atoms with Gasteiger partial charge in [0.25, 0.3) is 0 Å². The van der Waals surface area contributed by atoms with Crippen LogP contribution in [0.25, 0.3) is 0 Å². The van der Waals surface area contributed by atoms with Crippen molar-refractivity contribution in [2.75, 3.05) is 0 Å². The Morgan fingerprint density at radius 3 is 2.29 bits per heavy atom. The van der Waals surface area contributed by atoms with Crippen LogP contribution < -0.4 is 0 Å². The van der Waals surface area contributed by atoms with Crippen molar-refractivity contribution in [3.05, 3.63) is 48.0 Å². The maximum absolute atomic E-state index is 12.9. The molecule has 2 rings (SSSR count). The zero-order valence-electron chi connectivity index (χ0n) is 22.9. The first-order valence-corrected chi connectivity index (χ1v) is 15.6. The van der Waals surface area contributed by atoms with Crippen LogP contribution in [0.2, 0.25) is 18.1 Å². The minimum Gasteiger partial charge on any atom is -0.452 e. The number of carbonyl (C=O) groups excluding carboxylic acids is 1. The summed E-state index contributed by atoms with van der Waals surface area (Å²) in [5, 5.41) is 0.145.